The Hall–Kier alpha value is -2.70. The van der Waals surface area contributed by atoms with Crippen molar-refractivity contribution in [2.45, 2.75) is 56.1 Å². The summed E-state index contributed by atoms with van der Waals surface area (Å²) in [7, 11) is 0. The second-order valence-corrected chi connectivity index (χ2v) is 11.8. The zero-order valence-corrected chi connectivity index (χ0v) is 24.3. The molecule has 2 saturated heterocycles. The lowest BCUT2D eigenvalue weighted by Gasteiger charge is -2.46. The average molecular weight is 579 g/mol. The van der Waals surface area contributed by atoms with Crippen LogP contribution >= 0.6 is 23.2 Å². The zero-order valence-electron chi connectivity index (χ0n) is 22.8. The number of piperidine rings is 2. The van der Waals surface area contributed by atoms with Gasteiger partial charge < -0.3 is 5.32 Å². The minimum absolute atomic E-state index is 0.0284. The first-order chi connectivity index (χ1) is 19.5. The van der Waals surface area contributed by atoms with Crippen molar-refractivity contribution >= 4 is 35.4 Å². The van der Waals surface area contributed by atoms with E-state index in [1.54, 1.807) is 0 Å². The maximum atomic E-state index is 14.0. The molecule has 40 heavy (non-hydrogen) atoms. The highest BCUT2D eigenvalue weighted by Gasteiger charge is 2.40. The summed E-state index contributed by atoms with van der Waals surface area (Å²) in [5, 5.41) is 4.20. The maximum absolute atomic E-state index is 14.0. The third-order valence-electron chi connectivity index (χ3n) is 8.72. The number of nitrogens with zero attached hydrogens (tertiary/aromatic N) is 2. The molecule has 0 aromatic heterocycles. The van der Waals surface area contributed by atoms with E-state index in [1.165, 1.54) is 6.42 Å². The van der Waals surface area contributed by atoms with E-state index in [4.69, 9.17) is 23.2 Å². The molecule has 2 heterocycles. The second-order valence-electron chi connectivity index (χ2n) is 11.0. The predicted molar refractivity (Wildman–Crippen MR) is 162 cm³/mol. The number of Topliss-reactive ketones (excluding diaryl/α,β-unsaturated/α-hetero) is 1. The molecule has 3 aromatic rings. The van der Waals surface area contributed by atoms with Crippen LogP contribution < -0.4 is 5.32 Å². The molecule has 2 aliphatic rings. The second kappa shape index (κ2) is 13.3. The minimum Gasteiger partial charge on any atom is -0.349 e. The van der Waals surface area contributed by atoms with Gasteiger partial charge in [-0.25, -0.2) is 0 Å². The molecule has 2 fully saturated rings. The molecule has 0 aliphatic carbocycles. The van der Waals surface area contributed by atoms with Crippen molar-refractivity contribution in [2.24, 2.45) is 0 Å². The molecule has 0 spiro atoms. The van der Waals surface area contributed by atoms with Gasteiger partial charge in [0.05, 0.1) is 21.6 Å². The minimum atomic E-state index is -0.409. The Morgan fingerprint density at radius 2 is 1.48 bits per heavy atom. The van der Waals surface area contributed by atoms with E-state index in [9.17, 15) is 9.59 Å². The number of hydrogen-bond donors (Lipinski definition) is 1. The summed E-state index contributed by atoms with van der Waals surface area (Å²) >= 11 is 12.9. The molecule has 0 saturated carbocycles. The lowest BCUT2D eigenvalue weighted by molar-refractivity contribution is -0.112. The van der Waals surface area contributed by atoms with Crippen molar-refractivity contribution in [1.82, 2.24) is 15.1 Å². The van der Waals surface area contributed by atoms with Crippen LogP contribution in [0.2, 0.25) is 10.0 Å². The molecular formula is C33H37Cl2N3O2. The van der Waals surface area contributed by atoms with Crippen molar-refractivity contribution in [1.29, 1.82) is 0 Å². The summed E-state index contributed by atoms with van der Waals surface area (Å²) in [4.78, 5) is 30.6. The first-order valence-electron chi connectivity index (χ1n) is 14.3. The van der Waals surface area contributed by atoms with Gasteiger partial charge in [0, 0.05) is 24.7 Å². The van der Waals surface area contributed by atoms with Crippen LogP contribution in [-0.4, -0.2) is 54.2 Å². The Labute approximate surface area is 247 Å². The van der Waals surface area contributed by atoms with E-state index in [1.807, 2.05) is 66.7 Å². The molecule has 1 N–H and O–H groups in total. The number of halogens is 2. The summed E-state index contributed by atoms with van der Waals surface area (Å²) in [5.41, 5.74) is 2.53. The highest BCUT2D eigenvalue weighted by Crippen LogP contribution is 2.39. The van der Waals surface area contributed by atoms with E-state index in [0.29, 0.717) is 16.5 Å². The van der Waals surface area contributed by atoms with Gasteiger partial charge in [-0.3, -0.25) is 19.4 Å². The quantitative estimate of drug-likeness (QED) is 0.210. The Morgan fingerprint density at radius 3 is 2.10 bits per heavy atom. The van der Waals surface area contributed by atoms with Gasteiger partial charge >= 0.3 is 0 Å². The number of hydrogen-bond acceptors (Lipinski definition) is 4. The fraction of sp³-hybridized carbons (Fsp3) is 0.394. The van der Waals surface area contributed by atoms with E-state index in [0.717, 1.165) is 75.0 Å². The van der Waals surface area contributed by atoms with Gasteiger partial charge in [0.15, 0.2) is 5.78 Å². The van der Waals surface area contributed by atoms with Gasteiger partial charge in [-0.05, 0) is 68.5 Å². The van der Waals surface area contributed by atoms with Crippen LogP contribution in [0.25, 0.3) is 0 Å². The number of carbonyl (C=O) groups is 2. The van der Waals surface area contributed by atoms with Crippen molar-refractivity contribution in [3.05, 3.63) is 106 Å². The summed E-state index contributed by atoms with van der Waals surface area (Å²) in [6.45, 7) is 3.40. The monoisotopic (exact) mass is 577 g/mol. The Balaban J connectivity index is 1.46. The average Bonchev–Trinajstić information content (AvgIpc) is 3.01. The van der Waals surface area contributed by atoms with Crippen LogP contribution in [0.15, 0.2) is 78.9 Å². The molecule has 210 valence electrons. The smallest absolute Gasteiger partial charge is 0.207 e. The molecule has 0 bridgehead atoms. The molecule has 3 aromatic carbocycles. The molecular weight excluding hydrogens is 541 g/mol. The van der Waals surface area contributed by atoms with Crippen LogP contribution in [-0.2, 0) is 10.3 Å². The van der Waals surface area contributed by atoms with Gasteiger partial charge in [0.25, 0.3) is 0 Å². The Bertz CT molecular complexity index is 1270. The first-order valence-corrected chi connectivity index (χ1v) is 15.1. The van der Waals surface area contributed by atoms with E-state index in [2.05, 4.69) is 27.2 Å². The Morgan fingerprint density at radius 1 is 0.825 bits per heavy atom. The van der Waals surface area contributed by atoms with E-state index in [-0.39, 0.29) is 17.9 Å². The molecule has 1 amide bonds. The van der Waals surface area contributed by atoms with Gasteiger partial charge in [-0.2, -0.15) is 0 Å². The van der Waals surface area contributed by atoms with E-state index < -0.39 is 5.54 Å². The van der Waals surface area contributed by atoms with Gasteiger partial charge in [0.2, 0.25) is 6.41 Å². The number of likely N-dealkylation sites (tertiary alicyclic amines) is 2. The van der Waals surface area contributed by atoms with Crippen molar-refractivity contribution in [2.75, 3.05) is 26.2 Å². The molecule has 0 radical (unpaired) electrons. The van der Waals surface area contributed by atoms with Crippen LogP contribution in [0.4, 0.5) is 0 Å². The highest BCUT2D eigenvalue weighted by atomic mass is 35.5. The zero-order chi connectivity index (χ0) is 28.0. The van der Waals surface area contributed by atoms with Crippen molar-refractivity contribution in [3.8, 4) is 0 Å². The fourth-order valence-electron chi connectivity index (χ4n) is 6.48. The number of nitrogens with one attached hydrogen (secondary N) is 1. The molecule has 2 aliphatic heterocycles. The summed E-state index contributed by atoms with van der Waals surface area (Å²) in [6.07, 6.45) is 6.45. The maximum Gasteiger partial charge on any atom is 0.207 e. The topological polar surface area (TPSA) is 52.7 Å². The SMILES string of the molecule is O=CNC1(c2ccccc2)CCN(C(CC(C(=O)c2ccccc2)N2CCCCC2)c2ccc(Cl)c(Cl)c2)CC1. The van der Waals surface area contributed by atoms with Crippen molar-refractivity contribution in [3.63, 3.8) is 0 Å². The lowest BCUT2D eigenvalue weighted by atomic mass is 9.80. The molecule has 5 rings (SSSR count). The summed E-state index contributed by atoms with van der Waals surface area (Å²) in [5.74, 6) is 0.172. The number of carbonyl (C=O) groups excluding carboxylic acids is 2. The lowest BCUT2D eigenvalue weighted by Crippen LogP contribution is -2.52. The molecule has 2 unspecified atom stereocenters. The van der Waals surface area contributed by atoms with Gasteiger partial charge in [0.1, 0.15) is 0 Å². The number of ketones is 1. The third kappa shape index (κ3) is 6.44. The van der Waals surface area contributed by atoms with Crippen LogP contribution in [0.5, 0.6) is 0 Å². The van der Waals surface area contributed by atoms with Gasteiger partial charge in [-0.15, -0.1) is 0 Å². The predicted octanol–water partition coefficient (Wildman–Crippen LogP) is 6.90. The largest absolute Gasteiger partial charge is 0.349 e. The third-order valence-corrected chi connectivity index (χ3v) is 9.46. The van der Waals surface area contributed by atoms with E-state index >= 15 is 0 Å². The summed E-state index contributed by atoms with van der Waals surface area (Å²) in [6, 6.07) is 25.5. The fourth-order valence-corrected chi connectivity index (χ4v) is 6.78. The van der Waals surface area contributed by atoms with Crippen LogP contribution in [0, 0.1) is 0 Å². The number of benzene rings is 3. The Kier molecular flexibility index (Phi) is 9.59. The first kappa shape index (κ1) is 28.8. The normalized spacial score (nSPS) is 19.4. The summed E-state index contributed by atoms with van der Waals surface area (Å²) < 4.78 is 0. The molecule has 2 atom stereocenters. The van der Waals surface area contributed by atoms with Crippen LogP contribution in [0.1, 0.15) is 66.1 Å². The molecule has 7 heteroatoms. The highest BCUT2D eigenvalue weighted by molar-refractivity contribution is 6.42. The van der Waals surface area contributed by atoms with Crippen molar-refractivity contribution < 1.29 is 9.59 Å². The number of amides is 1. The molecule has 5 nitrogen and oxygen atoms in total. The van der Waals surface area contributed by atoms with Crippen LogP contribution in [0.3, 0.4) is 0 Å². The number of rotatable bonds is 10. The standard InChI is InChI=1S/C33H37Cl2N3O2/c34-28-15-14-26(22-29(28)35)30(38-20-16-33(17-21-38,36-24-39)27-12-6-2-7-13-27)23-31(37-18-8-3-9-19-37)32(40)25-10-4-1-5-11-25/h1-2,4-7,10-15,22,24,30-31H,3,8-9,16-21,23H2,(H,36,39). The van der Waals surface area contributed by atoms with Gasteiger partial charge in [-0.1, -0.05) is 96.4 Å².